The second kappa shape index (κ2) is 7.28. The Bertz CT molecular complexity index is 817. The van der Waals surface area contributed by atoms with Gasteiger partial charge in [-0.15, -0.1) is 0 Å². The highest BCUT2D eigenvalue weighted by molar-refractivity contribution is 5.93. The fourth-order valence-corrected chi connectivity index (χ4v) is 3.07. The fraction of sp³-hybridized carbons (Fsp3) is 0.529. The summed E-state index contributed by atoms with van der Waals surface area (Å²) in [6.45, 7) is 8.24. The summed E-state index contributed by atoms with van der Waals surface area (Å²) in [7, 11) is 1.85. The number of nitrogens with one attached hydrogen (secondary N) is 1. The first-order valence-corrected chi connectivity index (χ1v) is 8.60. The lowest BCUT2D eigenvalue weighted by atomic mass is 10.2. The smallest absolute Gasteiger partial charge is 0.292 e. The van der Waals surface area contributed by atoms with E-state index in [9.17, 15) is 9.59 Å². The van der Waals surface area contributed by atoms with Crippen LogP contribution in [0.2, 0.25) is 0 Å². The van der Waals surface area contributed by atoms with Gasteiger partial charge in [0.1, 0.15) is 0 Å². The maximum atomic E-state index is 12.3. The molecule has 1 N–H and O–H groups in total. The first-order chi connectivity index (χ1) is 12.3. The SMILES string of the molecule is Cc1cc(C(=O)N2CCN(CC(=O)Nc3c(C)nn(C)c3C)CC2)on1. The van der Waals surface area contributed by atoms with E-state index in [1.54, 1.807) is 22.6 Å². The Labute approximate surface area is 151 Å². The lowest BCUT2D eigenvalue weighted by molar-refractivity contribution is -0.117. The third-order valence-electron chi connectivity index (χ3n) is 4.64. The Morgan fingerprint density at radius 2 is 1.88 bits per heavy atom. The van der Waals surface area contributed by atoms with Gasteiger partial charge in [0.05, 0.1) is 29.3 Å². The highest BCUT2D eigenvalue weighted by atomic mass is 16.5. The molecule has 9 heteroatoms. The minimum atomic E-state index is -0.156. The van der Waals surface area contributed by atoms with Gasteiger partial charge in [0, 0.05) is 39.3 Å². The molecule has 140 valence electrons. The van der Waals surface area contributed by atoms with E-state index in [4.69, 9.17) is 4.52 Å². The Balaban J connectivity index is 1.50. The summed E-state index contributed by atoms with van der Waals surface area (Å²) in [6.07, 6.45) is 0. The zero-order valence-corrected chi connectivity index (χ0v) is 15.6. The van der Waals surface area contributed by atoms with Crippen LogP contribution in [0.15, 0.2) is 10.6 Å². The Morgan fingerprint density at radius 1 is 1.19 bits per heavy atom. The van der Waals surface area contributed by atoms with E-state index in [-0.39, 0.29) is 24.1 Å². The van der Waals surface area contributed by atoms with Crippen LogP contribution in [0.25, 0.3) is 0 Å². The molecule has 2 amide bonds. The summed E-state index contributed by atoms with van der Waals surface area (Å²) >= 11 is 0. The second-order valence-electron chi connectivity index (χ2n) is 6.62. The number of amides is 2. The van der Waals surface area contributed by atoms with Gasteiger partial charge in [0.15, 0.2) is 0 Å². The highest BCUT2D eigenvalue weighted by Crippen LogP contribution is 2.18. The molecule has 0 saturated carbocycles. The number of hydrogen-bond donors (Lipinski definition) is 1. The first kappa shape index (κ1) is 18.1. The van der Waals surface area contributed by atoms with Crippen LogP contribution in [0.5, 0.6) is 0 Å². The molecule has 0 aliphatic carbocycles. The molecule has 1 fully saturated rings. The lowest BCUT2D eigenvalue weighted by Crippen LogP contribution is -2.50. The molecule has 0 unspecified atom stereocenters. The zero-order valence-electron chi connectivity index (χ0n) is 15.6. The third kappa shape index (κ3) is 3.77. The highest BCUT2D eigenvalue weighted by Gasteiger charge is 2.25. The van der Waals surface area contributed by atoms with Crippen molar-refractivity contribution in [3.8, 4) is 0 Å². The number of anilines is 1. The molecule has 1 saturated heterocycles. The molecular weight excluding hydrogens is 336 g/mol. The van der Waals surface area contributed by atoms with Gasteiger partial charge in [-0.3, -0.25) is 19.2 Å². The van der Waals surface area contributed by atoms with E-state index >= 15 is 0 Å². The Kier molecular flexibility index (Phi) is 5.08. The minimum Gasteiger partial charge on any atom is -0.351 e. The van der Waals surface area contributed by atoms with Crippen LogP contribution in [0.3, 0.4) is 0 Å². The number of rotatable bonds is 4. The number of carbonyl (C=O) groups excluding carboxylic acids is 2. The molecule has 2 aromatic rings. The van der Waals surface area contributed by atoms with Crippen molar-refractivity contribution >= 4 is 17.5 Å². The van der Waals surface area contributed by atoms with Crippen LogP contribution in [0, 0.1) is 20.8 Å². The quantitative estimate of drug-likeness (QED) is 0.863. The van der Waals surface area contributed by atoms with Crippen molar-refractivity contribution in [2.75, 3.05) is 38.0 Å². The molecule has 0 spiro atoms. The van der Waals surface area contributed by atoms with Crippen molar-refractivity contribution in [2.45, 2.75) is 20.8 Å². The lowest BCUT2D eigenvalue weighted by Gasteiger charge is -2.33. The van der Waals surface area contributed by atoms with Gasteiger partial charge < -0.3 is 14.7 Å². The van der Waals surface area contributed by atoms with E-state index in [0.29, 0.717) is 31.9 Å². The summed E-state index contributed by atoms with van der Waals surface area (Å²) in [6, 6.07) is 1.64. The van der Waals surface area contributed by atoms with Gasteiger partial charge in [0.25, 0.3) is 5.91 Å². The van der Waals surface area contributed by atoms with Crippen LogP contribution < -0.4 is 5.32 Å². The third-order valence-corrected chi connectivity index (χ3v) is 4.64. The monoisotopic (exact) mass is 360 g/mol. The number of aromatic nitrogens is 3. The molecule has 3 heterocycles. The van der Waals surface area contributed by atoms with Crippen LogP contribution in [-0.4, -0.2) is 69.3 Å². The molecule has 0 bridgehead atoms. The Hall–Kier alpha value is -2.68. The van der Waals surface area contributed by atoms with Crippen LogP contribution in [0.1, 0.15) is 27.6 Å². The molecule has 0 aromatic carbocycles. The minimum absolute atomic E-state index is 0.0742. The second-order valence-corrected chi connectivity index (χ2v) is 6.62. The fourth-order valence-electron chi connectivity index (χ4n) is 3.07. The molecule has 2 aromatic heterocycles. The summed E-state index contributed by atoms with van der Waals surface area (Å²) in [5, 5.41) is 11.0. The molecule has 0 radical (unpaired) electrons. The molecule has 1 aliphatic rings. The van der Waals surface area contributed by atoms with Crippen LogP contribution >= 0.6 is 0 Å². The van der Waals surface area contributed by atoms with E-state index in [1.807, 2.05) is 25.8 Å². The summed E-state index contributed by atoms with van der Waals surface area (Å²) in [4.78, 5) is 28.4. The summed E-state index contributed by atoms with van der Waals surface area (Å²) < 4.78 is 6.79. The normalized spacial score (nSPS) is 15.3. The molecule has 0 atom stereocenters. The van der Waals surface area contributed by atoms with Gasteiger partial charge in [-0.2, -0.15) is 5.10 Å². The van der Waals surface area contributed by atoms with Crippen LogP contribution in [-0.2, 0) is 11.8 Å². The number of hydrogen-bond acceptors (Lipinski definition) is 6. The number of aryl methyl sites for hydroxylation is 3. The average Bonchev–Trinajstić information content (AvgIpc) is 3.14. The standard InChI is InChI=1S/C17H24N6O3/c1-11-9-14(26-20-11)17(25)23-7-5-22(6-8-23)10-15(24)18-16-12(2)19-21(4)13(16)3/h9H,5-8,10H2,1-4H3,(H,18,24). The van der Waals surface area contributed by atoms with E-state index in [0.717, 1.165) is 17.1 Å². The van der Waals surface area contributed by atoms with E-state index < -0.39 is 0 Å². The predicted octanol–water partition coefficient (Wildman–Crippen LogP) is 0.730. The maximum absolute atomic E-state index is 12.3. The van der Waals surface area contributed by atoms with Crippen molar-refractivity contribution < 1.29 is 14.1 Å². The number of piperazine rings is 1. The largest absolute Gasteiger partial charge is 0.351 e. The van der Waals surface area contributed by atoms with Gasteiger partial charge in [-0.05, 0) is 20.8 Å². The molecular formula is C17H24N6O3. The van der Waals surface area contributed by atoms with Gasteiger partial charge in [0.2, 0.25) is 11.7 Å². The van der Waals surface area contributed by atoms with E-state index in [1.165, 1.54) is 0 Å². The van der Waals surface area contributed by atoms with Crippen molar-refractivity contribution in [1.82, 2.24) is 24.7 Å². The summed E-state index contributed by atoms with van der Waals surface area (Å²) in [5.41, 5.74) is 3.18. The zero-order chi connectivity index (χ0) is 18.8. The first-order valence-electron chi connectivity index (χ1n) is 8.60. The number of nitrogens with zero attached hydrogens (tertiary/aromatic N) is 5. The van der Waals surface area contributed by atoms with Gasteiger partial charge in [-0.1, -0.05) is 5.16 Å². The predicted molar refractivity (Wildman–Crippen MR) is 94.9 cm³/mol. The Morgan fingerprint density at radius 3 is 2.42 bits per heavy atom. The van der Waals surface area contributed by atoms with Crippen LogP contribution in [0.4, 0.5) is 5.69 Å². The molecule has 9 nitrogen and oxygen atoms in total. The molecule has 1 aliphatic heterocycles. The molecule has 3 rings (SSSR count). The number of carbonyl (C=O) groups is 2. The van der Waals surface area contributed by atoms with Crippen molar-refractivity contribution in [2.24, 2.45) is 7.05 Å². The van der Waals surface area contributed by atoms with Crippen molar-refractivity contribution in [1.29, 1.82) is 0 Å². The van der Waals surface area contributed by atoms with E-state index in [2.05, 4.69) is 15.6 Å². The van der Waals surface area contributed by atoms with Gasteiger partial charge in [-0.25, -0.2) is 0 Å². The molecule has 26 heavy (non-hydrogen) atoms. The van der Waals surface area contributed by atoms with Crippen molar-refractivity contribution in [3.63, 3.8) is 0 Å². The van der Waals surface area contributed by atoms with Gasteiger partial charge >= 0.3 is 0 Å². The maximum Gasteiger partial charge on any atom is 0.292 e. The summed E-state index contributed by atoms with van der Waals surface area (Å²) in [5.74, 6) is 0.0300. The van der Waals surface area contributed by atoms with Crippen molar-refractivity contribution in [3.05, 3.63) is 28.9 Å². The average molecular weight is 360 g/mol. The topological polar surface area (TPSA) is 96.5 Å².